The van der Waals surface area contributed by atoms with Gasteiger partial charge in [0, 0.05) is 19.5 Å². The second-order valence-electron chi connectivity index (χ2n) is 6.55. The first-order valence-electron chi connectivity index (χ1n) is 8.32. The molecule has 6 nitrogen and oxygen atoms in total. The van der Waals surface area contributed by atoms with Crippen LogP contribution in [0.4, 0.5) is 4.39 Å². The zero-order valence-electron chi connectivity index (χ0n) is 14.0. The summed E-state index contributed by atoms with van der Waals surface area (Å²) in [6.45, 7) is 5.48. The van der Waals surface area contributed by atoms with Gasteiger partial charge < -0.3 is 4.90 Å². The summed E-state index contributed by atoms with van der Waals surface area (Å²) in [5, 5.41) is 11.6. The summed E-state index contributed by atoms with van der Waals surface area (Å²) < 4.78 is 14.7. The van der Waals surface area contributed by atoms with Crippen LogP contribution in [0.5, 0.6) is 0 Å². The SMILES string of the molecule is Cc1nnnn1[C@H](Cc1ccc(F)cc1)C(=O)N1CCC[C@@H](C)C1. The van der Waals surface area contributed by atoms with Crippen molar-refractivity contribution < 1.29 is 9.18 Å². The number of likely N-dealkylation sites (tertiary alicyclic amines) is 1. The number of carbonyl (C=O) groups excluding carboxylic acids is 1. The van der Waals surface area contributed by atoms with Gasteiger partial charge in [-0.25, -0.2) is 9.07 Å². The lowest BCUT2D eigenvalue weighted by molar-refractivity contribution is -0.136. The van der Waals surface area contributed by atoms with Gasteiger partial charge in [0.2, 0.25) is 5.91 Å². The molecule has 0 N–H and O–H groups in total. The fraction of sp³-hybridized carbons (Fsp3) is 0.529. The maximum Gasteiger partial charge on any atom is 0.247 e. The number of nitrogens with zero attached hydrogens (tertiary/aromatic N) is 5. The molecule has 0 unspecified atom stereocenters. The van der Waals surface area contributed by atoms with Crippen molar-refractivity contribution in [2.75, 3.05) is 13.1 Å². The Bertz CT molecular complexity index is 699. The molecule has 1 aliphatic rings. The summed E-state index contributed by atoms with van der Waals surface area (Å²) in [6.07, 6.45) is 2.61. The van der Waals surface area contributed by atoms with Gasteiger partial charge in [-0.15, -0.1) is 5.10 Å². The summed E-state index contributed by atoms with van der Waals surface area (Å²) in [5.41, 5.74) is 0.884. The lowest BCUT2D eigenvalue weighted by Gasteiger charge is -2.33. The number of carbonyl (C=O) groups is 1. The molecular weight excluding hydrogens is 309 g/mol. The van der Waals surface area contributed by atoms with E-state index in [-0.39, 0.29) is 11.7 Å². The Labute approximate surface area is 140 Å². The van der Waals surface area contributed by atoms with E-state index in [4.69, 9.17) is 0 Å². The number of hydrogen-bond acceptors (Lipinski definition) is 4. The quantitative estimate of drug-likeness (QED) is 0.861. The van der Waals surface area contributed by atoms with Crippen LogP contribution in [-0.2, 0) is 11.2 Å². The van der Waals surface area contributed by atoms with E-state index in [1.807, 2.05) is 4.90 Å². The molecule has 1 fully saturated rings. The minimum absolute atomic E-state index is 0.0290. The summed E-state index contributed by atoms with van der Waals surface area (Å²) >= 11 is 0. The number of amides is 1. The van der Waals surface area contributed by atoms with Crippen molar-refractivity contribution in [1.82, 2.24) is 25.1 Å². The Kier molecular flexibility index (Phi) is 4.87. The van der Waals surface area contributed by atoms with Crippen LogP contribution in [-0.4, -0.2) is 44.1 Å². The Morgan fingerprint density at radius 2 is 2.12 bits per heavy atom. The van der Waals surface area contributed by atoms with Crippen LogP contribution >= 0.6 is 0 Å². The van der Waals surface area contributed by atoms with Crippen LogP contribution in [0.3, 0.4) is 0 Å². The predicted molar refractivity (Wildman–Crippen MR) is 86.7 cm³/mol. The Hall–Kier alpha value is -2.31. The normalized spacial score (nSPS) is 19.3. The van der Waals surface area contributed by atoms with Gasteiger partial charge in [-0.05, 0) is 53.8 Å². The molecule has 0 spiro atoms. The molecule has 1 saturated heterocycles. The van der Waals surface area contributed by atoms with E-state index >= 15 is 0 Å². The number of hydrogen-bond donors (Lipinski definition) is 0. The monoisotopic (exact) mass is 331 g/mol. The fourth-order valence-corrected chi connectivity index (χ4v) is 3.25. The molecule has 0 aliphatic carbocycles. The van der Waals surface area contributed by atoms with Crippen molar-refractivity contribution in [1.29, 1.82) is 0 Å². The van der Waals surface area contributed by atoms with Crippen molar-refractivity contribution in [2.45, 2.75) is 39.2 Å². The van der Waals surface area contributed by atoms with E-state index in [9.17, 15) is 9.18 Å². The standard InChI is InChI=1S/C17H22FN5O/c1-12-4-3-9-22(11-12)17(24)16(23-13(2)19-20-21-23)10-14-5-7-15(18)8-6-14/h5-8,12,16H,3-4,9-11H2,1-2H3/t12-,16-/m1/s1. The zero-order chi connectivity index (χ0) is 17.1. The third-order valence-corrected chi connectivity index (χ3v) is 4.55. The molecule has 0 bridgehead atoms. The highest BCUT2D eigenvalue weighted by Gasteiger charge is 2.30. The van der Waals surface area contributed by atoms with E-state index in [1.54, 1.807) is 23.7 Å². The van der Waals surface area contributed by atoms with Crippen LogP contribution in [0.25, 0.3) is 0 Å². The van der Waals surface area contributed by atoms with Gasteiger partial charge in [0.1, 0.15) is 17.7 Å². The van der Waals surface area contributed by atoms with E-state index in [1.165, 1.54) is 12.1 Å². The molecule has 128 valence electrons. The van der Waals surface area contributed by atoms with E-state index in [0.29, 0.717) is 18.2 Å². The molecule has 1 aliphatic heterocycles. The topological polar surface area (TPSA) is 63.9 Å². The summed E-state index contributed by atoms with van der Waals surface area (Å²) in [5.74, 6) is 0.844. The summed E-state index contributed by atoms with van der Waals surface area (Å²) in [6, 6.07) is 5.72. The van der Waals surface area contributed by atoms with E-state index in [2.05, 4.69) is 22.4 Å². The molecule has 24 heavy (non-hydrogen) atoms. The van der Waals surface area contributed by atoms with Crippen molar-refractivity contribution in [3.05, 3.63) is 41.5 Å². The van der Waals surface area contributed by atoms with Gasteiger partial charge in [0.25, 0.3) is 0 Å². The molecule has 2 atom stereocenters. The number of halogens is 1. The van der Waals surface area contributed by atoms with Crippen molar-refractivity contribution in [3.8, 4) is 0 Å². The van der Waals surface area contributed by atoms with Gasteiger partial charge in [-0.2, -0.15) is 0 Å². The van der Waals surface area contributed by atoms with Crippen LogP contribution in [0, 0.1) is 18.7 Å². The van der Waals surface area contributed by atoms with Crippen LogP contribution in [0.2, 0.25) is 0 Å². The van der Waals surface area contributed by atoms with Crippen molar-refractivity contribution in [3.63, 3.8) is 0 Å². The average Bonchev–Trinajstić information content (AvgIpc) is 2.99. The highest BCUT2D eigenvalue weighted by atomic mass is 19.1. The van der Waals surface area contributed by atoms with Crippen LogP contribution < -0.4 is 0 Å². The molecule has 0 saturated carbocycles. The number of benzene rings is 1. The third-order valence-electron chi connectivity index (χ3n) is 4.55. The van der Waals surface area contributed by atoms with Gasteiger partial charge in [-0.3, -0.25) is 4.79 Å². The van der Waals surface area contributed by atoms with Crippen LogP contribution in [0.1, 0.15) is 37.2 Å². The highest BCUT2D eigenvalue weighted by molar-refractivity contribution is 5.80. The van der Waals surface area contributed by atoms with Gasteiger partial charge in [-0.1, -0.05) is 19.1 Å². The molecule has 7 heteroatoms. The molecule has 0 radical (unpaired) electrons. The first kappa shape index (κ1) is 16.5. The lowest BCUT2D eigenvalue weighted by Crippen LogP contribution is -2.44. The second-order valence-corrected chi connectivity index (χ2v) is 6.55. The largest absolute Gasteiger partial charge is 0.341 e. The number of tetrazole rings is 1. The molecule has 1 aromatic heterocycles. The third kappa shape index (κ3) is 3.60. The lowest BCUT2D eigenvalue weighted by atomic mass is 9.98. The molecule has 2 heterocycles. The number of rotatable bonds is 4. The van der Waals surface area contributed by atoms with E-state index < -0.39 is 6.04 Å². The molecule has 2 aromatic rings. The smallest absolute Gasteiger partial charge is 0.247 e. The summed E-state index contributed by atoms with van der Waals surface area (Å²) in [7, 11) is 0. The zero-order valence-corrected chi connectivity index (χ0v) is 14.0. The molecule has 1 aromatic carbocycles. The van der Waals surface area contributed by atoms with Gasteiger partial charge in [0.05, 0.1) is 0 Å². The first-order valence-corrected chi connectivity index (χ1v) is 8.32. The van der Waals surface area contributed by atoms with Crippen molar-refractivity contribution in [2.24, 2.45) is 5.92 Å². The number of aryl methyl sites for hydroxylation is 1. The average molecular weight is 331 g/mol. The molecular formula is C17H22FN5O. The highest BCUT2D eigenvalue weighted by Crippen LogP contribution is 2.22. The summed E-state index contributed by atoms with van der Waals surface area (Å²) in [4.78, 5) is 15.0. The molecule has 3 rings (SSSR count). The predicted octanol–water partition coefficient (Wildman–Crippen LogP) is 2.16. The Balaban J connectivity index is 1.85. The maximum absolute atomic E-state index is 13.1. The number of aromatic nitrogens is 4. The second kappa shape index (κ2) is 7.07. The Morgan fingerprint density at radius 1 is 1.38 bits per heavy atom. The Morgan fingerprint density at radius 3 is 2.75 bits per heavy atom. The fourth-order valence-electron chi connectivity index (χ4n) is 3.25. The van der Waals surface area contributed by atoms with Crippen molar-refractivity contribution >= 4 is 5.91 Å². The maximum atomic E-state index is 13.1. The minimum Gasteiger partial charge on any atom is -0.341 e. The van der Waals surface area contributed by atoms with Gasteiger partial charge >= 0.3 is 0 Å². The number of piperidine rings is 1. The van der Waals surface area contributed by atoms with E-state index in [0.717, 1.165) is 31.5 Å². The first-order chi connectivity index (χ1) is 11.5. The van der Waals surface area contributed by atoms with Crippen LogP contribution in [0.15, 0.2) is 24.3 Å². The minimum atomic E-state index is -0.504. The molecule has 1 amide bonds. The van der Waals surface area contributed by atoms with Gasteiger partial charge in [0.15, 0.2) is 0 Å².